The number of hydrogen-bond donors (Lipinski definition) is 1. The first-order valence-electron chi connectivity index (χ1n) is 9.67. The molecule has 6 nitrogen and oxygen atoms in total. The van der Waals surface area contributed by atoms with E-state index in [1.807, 2.05) is 13.0 Å². The molecule has 0 bridgehead atoms. The van der Waals surface area contributed by atoms with Crippen LogP contribution in [0.15, 0.2) is 54.1 Å². The highest BCUT2D eigenvalue weighted by Gasteiger charge is 2.48. The minimum Gasteiger partial charge on any atom is -0.495 e. The first kappa shape index (κ1) is 20.2. The highest BCUT2D eigenvalue weighted by atomic mass is 35.5. The molecule has 2 atom stereocenters. The summed E-state index contributed by atoms with van der Waals surface area (Å²) < 4.78 is 5.24. The van der Waals surface area contributed by atoms with E-state index in [1.54, 1.807) is 42.5 Å². The molecule has 0 aromatic heterocycles. The van der Waals surface area contributed by atoms with Crippen LogP contribution in [0.3, 0.4) is 0 Å². The van der Waals surface area contributed by atoms with Gasteiger partial charge in [-0.1, -0.05) is 23.3 Å². The number of ether oxygens (including phenoxy) is 1. The number of hydrogen-bond acceptors (Lipinski definition) is 4. The molecule has 0 saturated carbocycles. The van der Waals surface area contributed by atoms with Gasteiger partial charge < -0.3 is 10.1 Å². The zero-order chi connectivity index (χ0) is 21.4. The SMILES string of the molecule is COc1ccc(Cl)cc1NC(=O)c1ccc(N2C(=O)[C@H]3CC=C(C)C[C@H]3C2=O)cc1. The number of imide groups is 1. The van der Waals surface area contributed by atoms with Crippen molar-refractivity contribution in [3.05, 3.63) is 64.7 Å². The van der Waals surface area contributed by atoms with Gasteiger partial charge in [0.25, 0.3) is 5.91 Å². The van der Waals surface area contributed by atoms with Gasteiger partial charge >= 0.3 is 0 Å². The third-order valence-electron chi connectivity index (χ3n) is 5.62. The van der Waals surface area contributed by atoms with Gasteiger partial charge in [-0.05, 0) is 62.2 Å². The summed E-state index contributed by atoms with van der Waals surface area (Å²) in [5, 5.41) is 3.24. The Morgan fingerprint density at radius 2 is 1.80 bits per heavy atom. The summed E-state index contributed by atoms with van der Waals surface area (Å²) in [4.78, 5) is 39.5. The van der Waals surface area contributed by atoms with Crippen molar-refractivity contribution < 1.29 is 19.1 Å². The predicted molar refractivity (Wildman–Crippen MR) is 115 cm³/mol. The fraction of sp³-hybridized carbons (Fsp3) is 0.261. The summed E-state index contributed by atoms with van der Waals surface area (Å²) in [5.41, 5.74) is 2.46. The quantitative estimate of drug-likeness (QED) is 0.581. The lowest BCUT2D eigenvalue weighted by molar-refractivity contribution is -0.122. The molecule has 1 aliphatic carbocycles. The van der Waals surface area contributed by atoms with Crippen molar-refractivity contribution in [1.82, 2.24) is 0 Å². The first-order valence-corrected chi connectivity index (χ1v) is 10.0. The highest BCUT2D eigenvalue weighted by Crippen LogP contribution is 2.39. The minimum atomic E-state index is -0.352. The highest BCUT2D eigenvalue weighted by molar-refractivity contribution is 6.31. The number of allylic oxidation sites excluding steroid dienone is 2. The van der Waals surface area contributed by atoms with Crippen LogP contribution in [0.4, 0.5) is 11.4 Å². The lowest BCUT2D eigenvalue weighted by atomic mass is 9.82. The van der Waals surface area contributed by atoms with Crippen molar-refractivity contribution in [2.75, 3.05) is 17.3 Å². The number of halogens is 1. The van der Waals surface area contributed by atoms with Crippen LogP contribution in [0.2, 0.25) is 5.02 Å². The summed E-state index contributed by atoms with van der Waals surface area (Å²) in [6.07, 6.45) is 3.25. The van der Waals surface area contributed by atoms with Gasteiger partial charge in [-0.25, -0.2) is 0 Å². The van der Waals surface area contributed by atoms with Crippen LogP contribution < -0.4 is 15.0 Å². The van der Waals surface area contributed by atoms with Crippen molar-refractivity contribution in [2.24, 2.45) is 11.8 Å². The largest absolute Gasteiger partial charge is 0.495 e. The molecule has 7 heteroatoms. The predicted octanol–water partition coefficient (Wildman–Crippen LogP) is 4.45. The molecule has 4 rings (SSSR count). The van der Waals surface area contributed by atoms with Gasteiger partial charge in [-0.2, -0.15) is 0 Å². The lowest BCUT2D eigenvalue weighted by Crippen LogP contribution is -2.30. The van der Waals surface area contributed by atoms with Gasteiger partial charge in [0, 0.05) is 10.6 Å². The maximum absolute atomic E-state index is 12.8. The van der Waals surface area contributed by atoms with Gasteiger partial charge in [0.15, 0.2) is 0 Å². The topological polar surface area (TPSA) is 75.7 Å². The van der Waals surface area contributed by atoms with E-state index in [9.17, 15) is 14.4 Å². The number of nitrogens with one attached hydrogen (secondary N) is 1. The summed E-state index contributed by atoms with van der Waals surface area (Å²) in [6.45, 7) is 1.99. The Kier molecular flexibility index (Phi) is 5.35. The molecule has 30 heavy (non-hydrogen) atoms. The Morgan fingerprint density at radius 1 is 1.10 bits per heavy atom. The van der Waals surface area contributed by atoms with Crippen molar-refractivity contribution in [2.45, 2.75) is 19.8 Å². The van der Waals surface area contributed by atoms with Gasteiger partial charge in [0.05, 0.1) is 30.3 Å². The first-order chi connectivity index (χ1) is 14.4. The summed E-state index contributed by atoms with van der Waals surface area (Å²) in [7, 11) is 1.51. The normalized spacial score (nSPS) is 20.6. The maximum Gasteiger partial charge on any atom is 0.255 e. The third kappa shape index (κ3) is 3.59. The lowest BCUT2D eigenvalue weighted by Gasteiger charge is -2.18. The molecule has 154 valence electrons. The van der Waals surface area contributed by atoms with Gasteiger partial charge in [0.1, 0.15) is 5.75 Å². The number of anilines is 2. The zero-order valence-corrected chi connectivity index (χ0v) is 17.4. The Labute approximate surface area is 179 Å². The Balaban J connectivity index is 1.52. The van der Waals surface area contributed by atoms with Crippen molar-refractivity contribution >= 4 is 40.7 Å². The van der Waals surface area contributed by atoms with Crippen LogP contribution in [0, 0.1) is 11.8 Å². The second-order valence-corrected chi connectivity index (χ2v) is 8.00. The molecule has 1 aliphatic heterocycles. The van der Waals surface area contributed by atoms with E-state index in [4.69, 9.17) is 16.3 Å². The van der Waals surface area contributed by atoms with Crippen LogP contribution >= 0.6 is 11.6 Å². The summed E-state index contributed by atoms with van der Waals surface area (Å²) in [6, 6.07) is 11.4. The molecule has 0 unspecified atom stereocenters. The second kappa shape index (κ2) is 7.95. The standard InChI is InChI=1S/C23H21ClN2O4/c1-13-3-9-17-18(11-13)23(29)26(22(17)28)16-7-4-14(5-8-16)21(27)25-19-12-15(24)6-10-20(19)30-2/h3-8,10,12,17-18H,9,11H2,1-2H3,(H,25,27)/t17-,18+/m0/s1. The molecule has 0 spiro atoms. The van der Waals surface area contributed by atoms with E-state index >= 15 is 0 Å². The Hall–Kier alpha value is -3.12. The maximum atomic E-state index is 12.8. The smallest absolute Gasteiger partial charge is 0.255 e. The van der Waals surface area contributed by atoms with Crippen molar-refractivity contribution in [1.29, 1.82) is 0 Å². The summed E-state index contributed by atoms with van der Waals surface area (Å²) in [5.74, 6) is -0.785. The van der Waals surface area contributed by atoms with Crippen LogP contribution in [0.1, 0.15) is 30.1 Å². The van der Waals surface area contributed by atoms with Gasteiger partial charge in [-0.15, -0.1) is 0 Å². The molecule has 2 aromatic carbocycles. The molecule has 1 fully saturated rings. The minimum absolute atomic E-state index is 0.168. The number of methoxy groups -OCH3 is 1. The van der Waals surface area contributed by atoms with Crippen LogP contribution in [0.5, 0.6) is 5.75 Å². The molecular weight excluding hydrogens is 404 g/mol. The van der Waals surface area contributed by atoms with E-state index in [2.05, 4.69) is 5.32 Å². The van der Waals surface area contributed by atoms with E-state index in [-0.39, 0.29) is 29.6 Å². The zero-order valence-electron chi connectivity index (χ0n) is 16.6. The third-order valence-corrected chi connectivity index (χ3v) is 5.86. The molecular formula is C23H21ClN2O4. The van der Waals surface area contributed by atoms with E-state index < -0.39 is 0 Å². The average molecular weight is 425 g/mol. The van der Waals surface area contributed by atoms with Crippen LogP contribution in [-0.4, -0.2) is 24.8 Å². The number of nitrogens with zero attached hydrogens (tertiary/aromatic N) is 1. The van der Waals surface area contributed by atoms with Crippen molar-refractivity contribution in [3.63, 3.8) is 0 Å². The van der Waals surface area contributed by atoms with Gasteiger partial charge in [0.2, 0.25) is 11.8 Å². The summed E-state index contributed by atoms with van der Waals surface area (Å²) >= 11 is 6.00. The molecule has 2 aromatic rings. The number of carbonyl (C=O) groups is 3. The Bertz CT molecular complexity index is 1060. The molecule has 2 aliphatic rings. The number of carbonyl (C=O) groups excluding carboxylic acids is 3. The molecule has 3 amide bonds. The van der Waals surface area contributed by atoms with Crippen LogP contribution in [0.25, 0.3) is 0 Å². The Morgan fingerprint density at radius 3 is 2.50 bits per heavy atom. The molecule has 1 saturated heterocycles. The van der Waals surface area contributed by atoms with Crippen LogP contribution in [-0.2, 0) is 9.59 Å². The van der Waals surface area contributed by atoms with E-state index in [0.29, 0.717) is 40.6 Å². The average Bonchev–Trinajstić information content (AvgIpc) is 2.98. The molecule has 1 heterocycles. The molecule has 0 radical (unpaired) electrons. The van der Waals surface area contributed by atoms with Crippen molar-refractivity contribution in [3.8, 4) is 5.75 Å². The molecule has 1 N–H and O–H groups in total. The van der Waals surface area contributed by atoms with E-state index in [0.717, 1.165) is 5.57 Å². The number of fused-ring (bicyclic) bond motifs is 1. The van der Waals surface area contributed by atoms with E-state index in [1.165, 1.54) is 12.0 Å². The number of benzene rings is 2. The monoisotopic (exact) mass is 424 g/mol. The van der Waals surface area contributed by atoms with Gasteiger partial charge in [-0.3, -0.25) is 19.3 Å². The fourth-order valence-electron chi connectivity index (χ4n) is 4.03. The fourth-order valence-corrected chi connectivity index (χ4v) is 4.20. The number of amides is 3. The second-order valence-electron chi connectivity index (χ2n) is 7.56. The number of rotatable bonds is 4.